The number of rotatable bonds is 3. The van der Waals surface area contributed by atoms with E-state index in [4.69, 9.17) is 0 Å². The highest BCUT2D eigenvalue weighted by atomic mass is 19.4. The molecule has 0 saturated carbocycles. The molecule has 150 valence electrons. The number of hydrogen-bond acceptors (Lipinski definition) is 4. The van der Waals surface area contributed by atoms with Crippen molar-refractivity contribution >= 4 is 17.5 Å². The van der Waals surface area contributed by atoms with E-state index in [0.29, 0.717) is 4.68 Å². The van der Waals surface area contributed by atoms with E-state index in [9.17, 15) is 31.5 Å². The molecule has 1 aliphatic rings. The predicted octanol–water partition coefficient (Wildman–Crippen LogP) is 1.92. The number of nitrogens with one attached hydrogen (secondary N) is 1. The van der Waals surface area contributed by atoms with Crippen molar-refractivity contribution in [2.75, 3.05) is 18.9 Å². The number of halogens is 5. The maximum absolute atomic E-state index is 13.7. The first kappa shape index (κ1) is 19.7. The molecule has 12 heteroatoms. The summed E-state index contributed by atoms with van der Waals surface area (Å²) >= 11 is 0. The van der Waals surface area contributed by atoms with Crippen LogP contribution in [0.15, 0.2) is 18.3 Å². The van der Waals surface area contributed by atoms with E-state index in [-0.39, 0.29) is 12.1 Å². The lowest BCUT2D eigenvalue weighted by atomic mass is 9.87. The molecule has 2 atom stereocenters. The normalized spacial score (nSPS) is 20.0. The van der Waals surface area contributed by atoms with Crippen LogP contribution in [0.1, 0.15) is 17.2 Å². The molecule has 2 aromatic rings. The Kier molecular flexibility index (Phi) is 4.81. The van der Waals surface area contributed by atoms with Gasteiger partial charge in [0.25, 0.3) is 0 Å². The van der Waals surface area contributed by atoms with Gasteiger partial charge >= 0.3 is 6.18 Å². The molecule has 1 fully saturated rings. The topological polar surface area (TPSA) is 80.1 Å². The Bertz CT molecular complexity index is 942. The maximum atomic E-state index is 13.7. The van der Waals surface area contributed by atoms with Crippen molar-refractivity contribution in [3.63, 3.8) is 0 Å². The van der Waals surface area contributed by atoms with Gasteiger partial charge in [-0.2, -0.15) is 32.0 Å². The van der Waals surface area contributed by atoms with Gasteiger partial charge in [0.15, 0.2) is 0 Å². The number of aryl methyl sites for hydroxylation is 1. The van der Waals surface area contributed by atoms with Crippen molar-refractivity contribution in [3.8, 4) is 0 Å². The smallest absolute Gasteiger partial charge is 0.344 e. The van der Waals surface area contributed by atoms with Gasteiger partial charge in [0.2, 0.25) is 23.7 Å². The fourth-order valence-corrected chi connectivity index (χ4v) is 3.26. The van der Waals surface area contributed by atoms with Crippen LogP contribution in [0.4, 0.5) is 27.6 Å². The molecule has 1 N–H and O–H groups in total. The van der Waals surface area contributed by atoms with Crippen molar-refractivity contribution in [2.24, 2.45) is 13.0 Å². The fraction of sp³-hybridized carbons (Fsp3) is 0.375. The average Bonchev–Trinajstić information content (AvgIpc) is 3.10. The minimum absolute atomic E-state index is 0.157. The van der Waals surface area contributed by atoms with Crippen LogP contribution < -0.4 is 5.32 Å². The Morgan fingerprint density at radius 2 is 1.93 bits per heavy atom. The number of pyridine rings is 1. The Hall–Kier alpha value is -3.05. The number of carbonyl (C=O) groups is 2. The first-order chi connectivity index (χ1) is 13.0. The van der Waals surface area contributed by atoms with E-state index in [1.165, 1.54) is 7.05 Å². The van der Waals surface area contributed by atoms with Gasteiger partial charge in [-0.05, 0) is 12.1 Å². The predicted molar refractivity (Wildman–Crippen MR) is 84.9 cm³/mol. The van der Waals surface area contributed by atoms with Crippen LogP contribution in [0, 0.1) is 17.8 Å². The van der Waals surface area contributed by atoms with Crippen LogP contribution in [0.3, 0.4) is 0 Å². The van der Waals surface area contributed by atoms with E-state index >= 15 is 0 Å². The van der Waals surface area contributed by atoms with Crippen molar-refractivity contribution in [3.05, 3.63) is 41.5 Å². The molecule has 28 heavy (non-hydrogen) atoms. The van der Waals surface area contributed by atoms with Gasteiger partial charge in [0.05, 0.1) is 11.9 Å². The van der Waals surface area contributed by atoms with Crippen molar-refractivity contribution < 1.29 is 31.5 Å². The van der Waals surface area contributed by atoms with E-state index in [1.54, 1.807) is 0 Å². The van der Waals surface area contributed by atoms with E-state index in [0.717, 1.165) is 30.3 Å². The van der Waals surface area contributed by atoms with Crippen molar-refractivity contribution in [1.82, 2.24) is 19.7 Å². The highest BCUT2D eigenvalue weighted by Crippen LogP contribution is 2.41. The molecule has 0 unspecified atom stereocenters. The van der Waals surface area contributed by atoms with Crippen LogP contribution in [0.25, 0.3) is 0 Å². The first-order valence-electron chi connectivity index (χ1n) is 7.97. The summed E-state index contributed by atoms with van der Waals surface area (Å²) in [4.78, 5) is 29.0. The first-order valence-corrected chi connectivity index (χ1v) is 7.97. The van der Waals surface area contributed by atoms with Gasteiger partial charge in [0.1, 0.15) is 11.6 Å². The minimum Gasteiger partial charge on any atom is -0.344 e. The maximum Gasteiger partial charge on any atom is 0.433 e. The van der Waals surface area contributed by atoms with E-state index < -0.39 is 53.1 Å². The summed E-state index contributed by atoms with van der Waals surface area (Å²) in [7, 11) is 2.44. The second-order valence-corrected chi connectivity index (χ2v) is 6.33. The monoisotopic (exact) mass is 403 g/mol. The molecule has 0 radical (unpaired) electrons. The largest absolute Gasteiger partial charge is 0.433 e. The zero-order valence-electron chi connectivity index (χ0n) is 14.6. The molecule has 0 spiro atoms. The molecule has 3 rings (SSSR count). The Balaban J connectivity index is 1.97. The molecule has 1 saturated heterocycles. The number of anilines is 1. The Morgan fingerprint density at radius 3 is 2.54 bits per heavy atom. The van der Waals surface area contributed by atoms with Gasteiger partial charge in [-0.1, -0.05) is 0 Å². The fourth-order valence-electron chi connectivity index (χ4n) is 3.26. The third-order valence-corrected chi connectivity index (χ3v) is 4.51. The summed E-state index contributed by atoms with van der Waals surface area (Å²) in [6, 6.07) is 1.70. The number of amides is 2. The van der Waals surface area contributed by atoms with Crippen LogP contribution in [-0.2, 0) is 22.8 Å². The number of likely N-dealkylation sites (N-methyl/N-ethyl adjacent to an activating group) is 1. The molecular formula is C16H14F5N5O2. The number of aromatic nitrogens is 3. The van der Waals surface area contributed by atoms with Gasteiger partial charge in [-0.15, -0.1) is 0 Å². The van der Waals surface area contributed by atoms with Gasteiger partial charge < -0.3 is 10.2 Å². The summed E-state index contributed by atoms with van der Waals surface area (Å²) in [5.74, 6) is -6.88. The standard InChI is InChI=1S/C16H14F5N5O2/c1-25-6-8(7-5-22-26(2)12(7)16(19,20)21)11(15(25)28)14(27)23-9-3-4-10(17)24-13(9)18/h3-5,8,11H,6H2,1-2H3,(H,23,27)/t8-,11+/m1/s1. The molecule has 7 nitrogen and oxygen atoms in total. The van der Waals surface area contributed by atoms with Crippen LogP contribution in [0.5, 0.6) is 0 Å². The number of nitrogens with zero attached hydrogens (tertiary/aromatic N) is 4. The van der Waals surface area contributed by atoms with Crippen LogP contribution in [-0.4, -0.2) is 45.1 Å². The zero-order valence-corrected chi connectivity index (χ0v) is 14.6. The summed E-state index contributed by atoms with van der Waals surface area (Å²) in [5, 5.41) is 5.70. The number of carbonyl (C=O) groups excluding carboxylic acids is 2. The van der Waals surface area contributed by atoms with E-state index in [2.05, 4.69) is 15.4 Å². The van der Waals surface area contributed by atoms with Crippen LogP contribution in [0.2, 0.25) is 0 Å². The summed E-state index contributed by atoms with van der Waals surface area (Å²) < 4.78 is 67.4. The summed E-state index contributed by atoms with van der Waals surface area (Å²) in [5.41, 5.74) is -1.88. The molecule has 1 aliphatic heterocycles. The number of hydrogen-bond donors (Lipinski definition) is 1. The number of likely N-dealkylation sites (tertiary alicyclic amines) is 1. The summed E-state index contributed by atoms with van der Waals surface area (Å²) in [6.07, 6.45) is -3.79. The lowest BCUT2D eigenvalue weighted by molar-refractivity contribution is -0.145. The zero-order chi connectivity index (χ0) is 20.8. The molecule has 0 aromatic carbocycles. The van der Waals surface area contributed by atoms with E-state index in [1.807, 2.05) is 0 Å². The molecule has 0 aliphatic carbocycles. The third-order valence-electron chi connectivity index (χ3n) is 4.51. The Labute approximate surface area is 155 Å². The van der Waals surface area contributed by atoms with Gasteiger partial charge in [-0.25, -0.2) is 0 Å². The lowest BCUT2D eigenvalue weighted by Gasteiger charge is -2.18. The lowest BCUT2D eigenvalue weighted by Crippen LogP contribution is -2.33. The van der Waals surface area contributed by atoms with Gasteiger partial charge in [0, 0.05) is 32.1 Å². The quantitative estimate of drug-likeness (QED) is 0.483. The highest BCUT2D eigenvalue weighted by Gasteiger charge is 2.49. The molecule has 0 bridgehead atoms. The van der Waals surface area contributed by atoms with Gasteiger partial charge in [-0.3, -0.25) is 14.3 Å². The second kappa shape index (κ2) is 6.84. The molecule has 2 amide bonds. The third kappa shape index (κ3) is 3.41. The SMILES string of the molecule is CN1C[C@H](c2cnn(C)c2C(F)(F)F)[C@@H](C(=O)Nc2ccc(F)nc2F)C1=O. The van der Waals surface area contributed by atoms with Crippen LogP contribution >= 0.6 is 0 Å². The Morgan fingerprint density at radius 1 is 1.25 bits per heavy atom. The minimum atomic E-state index is -4.75. The van der Waals surface area contributed by atoms with Crippen molar-refractivity contribution in [2.45, 2.75) is 12.1 Å². The molecular weight excluding hydrogens is 389 g/mol. The molecule has 2 aromatic heterocycles. The summed E-state index contributed by atoms with van der Waals surface area (Å²) in [6.45, 7) is -0.157. The molecule has 3 heterocycles. The number of alkyl halides is 3. The van der Waals surface area contributed by atoms with Crippen molar-refractivity contribution in [1.29, 1.82) is 0 Å². The second-order valence-electron chi connectivity index (χ2n) is 6.33. The highest BCUT2D eigenvalue weighted by molar-refractivity contribution is 6.08. The average molecular weight is 403 g/mol.